The lowest BCUT2D eigenvalue weighted by atomic mass is 10.1. The second-order valence-electron chi connectivity index (χ2n) is 6.84. The van der Waals surface area contributed by atoms with Gasteiger partial charge in [0.25, 0.3) is 5.91 Å². The molecule has 1 aliphatic heterocycles. The van der Waals surface area contributed by atoms with E-state index in [-0.39, 0.29) is 11.9 Å². The van der Waals surface area contributed by atoms with E-state index in [1.165, 1.54) is 0 Å². The van der Waals surface area contributed by atoms with Gasteiger partial charge >= 0.3 is 0 Å². The molecule has 6 heteroatoms. The van der Waals surface area contributed by atoms with Crippen molar-refractivity contribution < 1.29 is 4.79 Å². The fourth-order valence-electron chi connectivity index (χ4n) is 3.24. The van der Waals surface area contributed by atoms with E-state index in [0.717, 1.165) is 43.4 Å². The van der Waals surface area contributed by atoms with Crippen LogP contribution in [-0.4, -0.2) is 52.8 Å². The highest BCUT2D eigenvalue weighted by molar-refractivity contribution is 6.04. The zero-order chi connectivity index (χ0) is 17.1. The maximum Gasteiger partial charge on any atom is 0.272 e. The number of benzene rings is 1. The Morgan fingerprint density at radius 3 is 2.75 bits per heavy atom. The van der Waals surface area contributed by atoms with E-state index in [4.69, 9.17) is 5.73 Å². The quantitative estimate of drug-likeness (QED) is 0.876. The minimum atomic E-state index is -0.0979. The normalized spacial score (nSPS) is 16.8. The molecule has 3 N–H and O–H groups in total. The highest BCUT2D eigenvalue weighted by atomic mass is 16.1. The van der Waals surface area contributed by atoms with Crippen molar-refractivity contribution in [3.63, 3.8) is 0 Å². The number of amides is 1. The maximum atomic E-state index is 12.6. The Kier molecular flexibility index (Phi) is 5.16. The first-order chi connectivity index (χ1) is 11.6. The molecule has 0 unspecified atom stereocenters. The number of fused-ring (bicyclic) bond motifs is 1. The van der Waals surface area contributed by atoms with Crippen molar-refractivity contribution in [2.45, 2.75) is 38.8 Å². The van der Waals surface area contributed by atoms with Crippen LogP contribution in [0.15, 0.2) is 24.3 Å². The lowest BCUT2D eigenvalue weighted by molar-refractivity contribution is 0.0941. The molecule has 2 aromatic rings. The number of nitrogens with zero attached hydrogens (tertiary/aromatic N) is 3. The molecule has 0 atom stereocenters. The van der Waals surface area contributed by atoms with Crippen molar-refractivity contribution in [2.75, 3.05) is 26.2 Å². The fraction of sp³-hybridized carbons (Fsp3) is 0.556. The molecule has 1 aromatic heterocycles. The van der Waals surface area contributed by atoms with E-state index in [0.29, 0.717) is 18.3 Å². The van der Waals surface area contributed by atoms with E-state index in [2.05, 4.69) is 29.2 Å². The SMILES string of the molecule is CC(C)n1nc(C(=O)NCCN2CCC(N)CC2)c2ccccc21. The molecular weight excluding hydrogens is 302 g/mol. The predicted octanol–water partition coefficient (Wildman–Crippen LogP) is 1.77. The molecule has 1 aromatic carbocycles. The molecule has 1 fully saturated rings. The van der Waals surface area contributed by atoms with Gasteiger partial charge in [0.2, 0.25) is 0 Å². The summed E-state index contributed by atoms with van der Waals surface area (Å²) in [5, 5.41) is 8.46. The van der Waals surface area contributed by atoms with E-state index in [9.17, 15) is 4.79 Å². The third-order valence-electron chi connectivity index (χ3n) is 4.66. The number of carbonyl (C=O) groups excluding carboxylic acids is 1. The monoisotopic (exact) mass is 329 g/mol. The lowest BCUT2D eigenvalue weighted by Crippen LogP contribution is -2.43. The molecule has 1 amide bonds. The molecule has 0 radical (unpaired) electrons. The molecule has 0 bridgehead atoms. The summed E-state index contributed by atoms with van der Waals surface area (Å²) in [7, 11) is 0. The van der Waals surface area contributed by atoms with Gasteiger partial charge in [-0.2, -0.15) is 5.10 Å². The Morgan fingerprint density at radius 1 is 1.33 bits per heavy atom. The van der Waals surface area contributed by atoms with Crippen LogP contribution in [0.25, 0.3) is 10.9 Å². The average molecular weight is 329 g/mol. The van der Waals surface area contributed by atoms with Crippen LogP contribution in [0.2, 0.25) is 0 Å². The van der Waals surface area contributed by atoms with Gasteiger partial charge in [-0.15, -0.1) is 0 Å². The summed E-state index contributed by atoms with van der Waals surface area (Å²) in [5.41, 5.74) is 7.44. The van der Waals surface area contributed by atoms with Crippen molar-refractivity contribution in [1.82, 2.24) is 20.0 Å². The molecule has 0 aliphatic carbocycles. The molecule has 130 valence electrons. The van der Waals surface area contributed by atoms with Gasteiger partial charge in [0.1, 0.15) is 0 Å². The number of hydrogen-bond donors (Lipinski definition) is 2. The summed E-state index contributed by atoms with van der Waals surface area (Å²) in [6, 6.07) is 8.45. The molecule has 24 heavy (non-hydrogen) atoms. The molecule has 0 saturated carbocycles. The van der Waals surface area contributed by atoms with Gasteiger partial charge in [-0.3, -0.25) is 9.48 Å². The highest BCUT2D eigenvalue weighted by Gasteiger charge is 2.19. The van der Waals surface area contributed by atoms with Gasteiger partial charge in [0.05, 0.1) is 5.52 Å². The van der Waals surface area contributed by atoms with Crippen molar-refractivity contribution in [3.05, 3.63) is 30.0 Å². The third-order valence-corrected chi connectivity index (χ3v) is 4.66. The van der Waals surface area contributed by atoms with Crippen LogP contribution in [0.5, 0.6) is 0 Å². The summed E-state index contributed by atoms with van der Waals surface area (Å²) in [6.07, 6.45) is 2.08. The van der Waals surface area contributed by atoms with E-state index in [1.807, 2.05) is 28.9 Å². The smallest absolute Gasteiger partial charge is 0.272 e. The summed E-state index contributed by atoms with van der Waals surface area (Å²) in [6.45, 7) is 7.67. The van der Waals surface area contributed by atoms with Crippen LogP contribution < -0.4 is 11.1 Å². The summed E-state index contributed by atoms with van der Waals surface area (Å²) in [4.78, 5) is 14.9. The van der Waals surface area contributed by atoms with Gasteiger partial charge < -0.3 is 16.0 Å². The van der Waals surface area contributed by atoms with Crippen LogP contribution in [-0.2, 0) is 0 Å². The number of nitrogens with two attached hydrogens (primary N) is 1. The summed E-state index contributed by atoms with van der Waals surface area (Å²) in [5.74, 6) is -0.0979. The fourth-order valence-corrected chi connectivity index (χ4v) is 3.24. The molecular formula is C18H27N5O. The van der Waals surface area contributed by atoms with E-state index >= 15 is 0 Å². The Balaban J connectivity index is 1.64. The number of rotatable bonds is 5. The molecule has 2 heterocycles. The number of nitrogens with one attached hydrogen (secondary N) is 1. The van der Waals surface area contributed by atoms with Crippen LogP contribution in [0, 0.1) is 0 Å². The van der Waals surface area contributed by atoms with Crippen LogP contribution >= 0.6 is 0 Å². The average Bonchev–Trinajstić information content (AvgIpc) is 2.96. The van der Waals surface area contributed by atoms with Crippen molar-refractivity contribution >= 4 is 16.8 Å². The first-order valence-electron chi connectivity index (χ1n) is 8.79. The summed E-state index contributed by atoms with van der Waals surface area (Å²) >= 11 is 0. The number of piperidine rings is 1. The second kappa shape index (κ2) is 7.32. The van der Waals surface area contributed by atoms with Gasteiger partial charge in [-0.1, -0.05) is 18.2 Å². The third kappa shape index (κ3) is 3.60. The van der Waals surface area contributed by atoms with Crippen LogP contribution in [0.1, 0.15) is 43.2 Å². The first kappa shape index (κ1) is 16.9. The number of para-hydroxylation sites is 1. The number of hydrogen-bond acceptors (Lipinski definition) is 4. The highest BCUT2D eigenvalue weighted by Crippen LogP contribution is 2.21. The van der Waals surface area contributed by atoms with Crippen molar-refractivity contribution in [3.8, 4) is 0 Å². The number of likely N-dealkylation sites (tertiary alicyclic amines) is 1. The predicted molar refractivity (Wildman–Crippen MR) is 96.1 cm³/mol. The molecule has 6 nitrogen and oxygen atoms in total. The lowest BCUT2D eigenvalue weighted by Gasteiger charge is -2.29. The Bertz CT molecular complexity index is 700. The Labute approximate surface area is 143 Å². The van der Waals surface area contributed by atoms with Gasteiger partial charge in [0.15, 0.2) is 5.69 Å². The minimum absolute atomic E-state index is 0.0979. The van der Waals surface area contributed by atoms with Crippen molar-refractivity contribution in [1.29, 1.82) is 0 Å². The van der Waals surface area contributed by atoms with E-state index in [1.54, 1.807) is 0 Å². The van der Waals surface area contributed by atoms with Crippen LogP contribution in [0.4, 0.5) is 0 Å². The molecule has 1 aliphatic rings. The minimum Gasteiger partial charge on any atom is -0.349 e. The maximum absolute atomic E-state index is 12.6. The largest absolute Gasteiger partial charge is 0.349 e. The second-order valence-corrected chi connectivity index (χ2v) is 6.84. The molecule has 3 rings (SSSR count). The number of aromatic nitrogens is 2. The topological polar surface area (TPSA) is 76.2 Å². The van der Waals surface area contributed by atoms with Crippen LogP contribution in [0.3, 0.4) is 0 Å². The standard InChI is InChI=1S/C18H27N5O/c1-13(2)23-16-6-4-3-5-15(16)17(21-23)18(24)20-9-12-22-10-7-14(19)8-11-22/h3-6,13-14H,7-12,19H2,1-2H3,(H,20,24). The van der Waals surface area contributed by atoms with E-state index < -0.39 is 0 Å². The van der Waals surface area contributed by atoms with Gasteiger partial charge in [-0.05, 0) is 45.8 Å². The Morgan fingerprint density at radius 2 is 2.04 bits per heavy atom. The zero-order valence-electron chi connectivity index (χ0n) is 14.5. The first-order valence-corrected chi connectivity index (χ1v) is 8.79. The zero-order valence-corrected chi connectivity index (χ0v) is 14.5. The molecule has 1 saturated heterocycles. The molecule has 0 spiro atoms. The van der Waals surface area contributed by atoms with Gasteiger partial charge in [0, 0.05) is 30.6 Å². The van der Waals surface area contributed by atoms with Gasteiger partial charge in [-0.25, -0.2) is 0 Å². The number of carbonyl (C=O) groups is 1. The van der Waals surface area contributed by atoms with Crippen molar-refractivity contribution in [2.24, 2.45) is 5.73 Å². The summed E-state index contributed by atoms with van der Waals surface area (Å²) < 4.78 is 1.91. The Hall–Kier alpha value is -1.92.